The van der Waals surface area contributed by atoms with Gasteiger partial charge in [0, 0.05) is 25.4 Å². The van der Waals surface area contributed by atoms with Crippen molar-refractivity contribution in [2.24, 2.45) is 5.92 Å². The molecule has 0 bridgehead atoms. The third kappa shape index (κ3) is 3.44. The number of urea groups is 1. The zero-order valence-electron chi connectivity index (χ0n) is 15.2. The predicted molar refractivity (Wildman–Crippen MR) is 94.2 cm³/mol. The van der Waals surface area contributed by atoms with E-state index < -0.39 is 23.9 Å². The molecule has 148 valence electrons. The molecule has 3 aliphatic rings. The average molecular weight is 389 g/mol. The Kier molecular flexibility index (Phi) is 4.74. The molecule has 0 spiro atoms. The number of ketones is 1. The van der Waals surface area contributed by atoms with E-state index in [4.69, 9.17) is 4.74 Å². The number of nitrogens with one attached hydrogen (secondary N) is 1. The number of imide groups is 1. The highest BCUT2D eigenvalue weighted by Gasteiger charge is 2.37. The topological polar surface area (TPSA) is 96.0 Å². The molecule has 3 heterocycles. The molecule has 2 saturated heterocycles. The van der Waals surface area contributed by atoms with Crippen LogP contribution in [0.1, 0.15) is 29.6 Å². The molecular weight excluding hydrogens is 369 g/mol. The van der Waals surface area contributed by atoms with Gasteiger partial charge < -0.3 is 15.0 Å². The van der Waals surface area contributed by atoms with E-state index in [0.717, 1.165) is 17.7 Å². The summed E-state index contributed by atoms with van der Waals surface area (Å²) in [6.45, 7) is 0.537. The van der Waals surface area contributed by atoms with Crippen LogP contribution in [-0.2, 0) is 9.59 Å². The van der Waals surface area contributed by atoms with Crippen LogP contribution in [0.5, 0.6) is 5.75 Å². The van der Waals surface area contributed by atoms with E-state index in [1.165, 1.54) is 18.2 Å². The number of halogens is 1. The summed E-state index contributed by atoms with van der Waals surface area (Å²) >= 11 is 0. The smallest absolute Gasteiger partial charge is 0.325 e. The summed E-state index contributed by atoms with van der Waals surface area (Å²) in [5, 5.41) is 2.39. The summed E-state index contributed by atoms with van der Waals surface area (Å²) in [5.41, 5.74) is 0.249. The van der Waals surface area contributed by atoms with Crippen LogP contribution in [0.4, 0.5) is 9.18 Å². The zero-order chi connectivity index (χ0) is 19.8. The van der Waals surface area contributed by atoms with Crippen molar-refractivity contribution in [2.45, 2.75) is 25.4 Å². The molecular formula is C19H20FN3O5. The Labute approximate surface area is 160 Å². The number of amides is 4. The lowest BCUT2D eigenvalue weighted by Gasteiger charge is -2.38. The first-order chi connectivity index (χ1) is 13.4. The lowest BCUT2D eigenvalue weighted by atomic mass is 9.87. The van der Waals surface area contributed by atoms with Gasteiger partial charge in [0.05, 0.1) is 12.1 Å². The van der Waals surface area contributed by atoms with Gasteiger partial charge in [-0.3, -0.25) is 19.3 Å². The van der Waals surface area contributed by atoms with Crippen LogP contribution in [0.25, 0.3) is 0 Å². The maximum atomic E-state index is 13.4. The molecule has 28 heavy (non-hydrogen) atoms. The summed E-state index contributed by atoms with van der Waals surface area (Å²) in [4.78, 5) is 50.8. The van der Waals surface area contributed by atoms with Gasteiger partial charge in [0.2, 0.25) is 5.91 Å². The molecule has 1 N–H and O–H groups in total. The molecule has 0 aromatic heterocycles. The van der Waals surface area contributed by atoms with E-state index in [1.54, 1.807) is 4.90 Å². The maximum Gasteiger partial charge on any atom is 0.325 e. The molecule has 3 aliphatic heterocycles. The molecule has 4 amide bonds. The lowest BCUT2D eigenvalue weighted by Crippen LogP contribution is -2.50. The van der Waals surface area contributed by atoms with Crippen LogP contribution < -0.4 is 10.1 Å². The predicted octanol–water partition coefficient (Wildman–Crippen LogP) is 0.950. The van der Waals surface area contributed by atoms with Crippen LogP contribution >= 0.6 is 0 Å². The summed E-state index contributed by atoms with van der Waals surface area (Å²) in [5.74, 6) is -1.07. The highest BCUT2D eigenvalue weighted by atomic mass is 19.1. The van der Waals surface area contributed by atoms with Crippen molar-refractivity contribution in [3.8, 4) is 5.75 Å². The molecule has 9 heteroatoms. The molecule has 2 fully saturated rings. The van der Waals surface area contributed by atoms with Gasteiger partial charge in [0.15, 0.2) is 5.78 Å². The average Bonchev–Trinajstić information content (AvgIpc) is 3.00. The van der Waals surface area contributed by atoms with E-state index in [0.29, 0.717) is 18.8 Å². The molecule has 1 aromatic rings. The Morgan fingerprint density at radius 3 is 2.86 bits per heavy atom. The number of rotatable bonds is 3. The minimum Gasteiger partial charge on any atom is -0.489 e. The summed E-state index contributed by atoms with van der Waals surface area (Å²) in [7, 11) is 0. The first-order valence-corrected chi connectivity index (χ1v) is 9.28. The minimum atomic E-state index is -0.558. The van der Waals surface area contributed by atoms with Gasteiger partial charge >= 0.3 is 6.03 Å². The Bertz CT molecular complexity index is 842. The van der Waals surface area contributed by atoms with Crippen LogP contribution in [0.3, 0.4) is 0 Å². The number of hydrogen-bond donors (Lipinski definition) is 1. The summed E-state index contributed by atoms with van der Waals surface area (Å²) in [6, 6.07) is 3.33. The molecule has 1 aromatic carbocycles. The number of benzene rings is 1. The first kappa shape index (κ1) is 18.4. The Balaban J connectivity index is 1.42. The van der Waals surface area contributed by atoms with Crippen molar-refractivity contribution in [2.75, 3.05) is 26.2 Å². The first-order valence-electron chi connectivity index (χ1n) is 9.28. The molecule has 8 nitrogen and oxygen atoms in total. The van der Waals surface area contributed by atoms with Gasteiger partial charge in [0.25, 0.3) is 5.91 Å². The monoisotopic (exact) mass is 389 g/mol. The van der Waals surface area contributed by atoms with E-state index in [2.05, 4.69) is 5.32 Å². The maximum absolute atomic E-state index is 13.4. The third-order valence-electron chi connectivity index (χ3n) is 5.47. The van der Waals surface area contributed by atoms with Gasteiger partial charge in [-0.05, 0) is 31.0 Å². The fourth-order valence-corrected chi connectivity index (χ4v) is 3.97. The van der Waals surface area contributed by atoms with Crippen molar-refractivity contribution >= 4 is 23.6 Å². The second kappa shape index (κ2) is 7.21. The Morgan fingerprint density at radius 2 is 2.11 bits per heavy atom. The van der Waals surface area contributed by atoms with E-state index in [9.17, 15) is 23.6 Å². The highest BCUT2D eigenvalue weighted by molar-refractivity contribution is 6.04. The van der Waals surface area contributed by atoms with Crippen LogP contribution in [0, 0.1) is 11.7 Å². The number of Topliss-reactive ketones (excluding diaryl/α,β-unsaturated/α-hetero) is 1. The van der Waals surface area contributed by atoms with Crippen molar-refractivity contribution in [1.29, 1.82) is 0 Å². The zero-order valence-corrected chi connectivity index (χ0v) is 15.2. The lowest BCUT2D eigenvalue weighted by molar-refractivity contribution is -0.138. The normalized spacial score (nSPS) is 24.7. The van der Waals surface area contributed by atoms with Gasteiger partial charge in [-0.15, -0.1) is 0 Å². The van der Waals surface area contributed by atoms with Crippen LogP contribution in [-0.4, -0.2) is 65.7 Å². The standard InChI is InChI=1S/C19H20FN3O5/c20-12-3-4-15-13(6-12)14(24)7-16(28-15)11-2-1-5-22(9-11)18(26)10-23-17(25)8-21-19(23)27/h3-4,6,11,16H,1-2,5,7-10H2,(H,21,27). The number of nitrogens with zero attached hydrogens (tertiary/aromatic N) is 2. The van der Waals surface area contributed by atoms with Gasteiger partial charge in [0.1, 0.15) is 24.2 Å². The van der Waals surface area contributed by atoms with Crippen LogP contribution in [0.15, 0.2) is 18.2 Å². The quantitative estimate of drug-likeness (QED) is 0.777. The fraction of sp³-hybridized carbons (Fsp3) is 0.474. The van der Waals surface area contributed by atoms with Gasteiger partial charge in [-0.2, -0.15) is 0 Å². The highest BCUT2D eigenvalue weighted by Crippen LogP contribution is 2.33. The van der Waals surface area contributed by atoms with Gasteiger partial charge in [-0.25, -0.2) is 9.18 Å². The third-order valence-corrected chi connectivity index (χ3v) is 5.47. The van der Waals surface area contributed by atoms with Crippen molar-refractivity contribution in [3.05, 3.63) is 29.6 Å². The Morgan fingerprint density at radius 1 is 1.29 bits per heavy atom. The number of carbonyl (C=O) groups is 4. The van der Waals surface area contributed by atoms with E-state index >= 15 is 0 Å². The van der Waals surface area contributed by atoms with Crippen molar-refractivity contribution in [3.63, 3.8) is 0 Å². The number of likely N-dealkylation sites (tertiary alicyclic amines) is 1. The second-order valence-corrected chi connectivity index (χ2v) is 7.30. The Hall–Kier alpha value is -2.97. The largest absolute Gasteiger partial charge is 0.489 e. The van der Waals surface area contributed by atoms with Crippen LogP contribution in [0.2, 0.25) is 0 Å². The number of piperidine rings is 1. The second-order valence-electron chi connectivity index (χ2n) is 7.30. The fourth-order valence-electron chi connectivity index (χ4n) is 3.97. The van der Waals surface area contributed by atoms with E-state index in [-0.39, 0.29) is 42.7 Å². The molecule has 2 atom stereocenters. The molecule has 4 rings (SSSR count). The van der Waals surface area contributed by atoms with Crippen molar-refractivity contribution in [1.82, 2.24) is 15.1 Å². The number of ether oxygens (including phenoxy) is 1. The summed E-state index contributed by atoms with van der Waals surface area (Å²) < 4.78 is 19.3. The molecule has 0 saturated carbocycles. The molecule has 0 radical (unpaired) electrons. The molecule has 2 unspecified atom stereocenters. The van der Waals surface area contributed by atoms with E-state index in [1.807, 2.05) is 0 Å². The van der Waals surface area contributed by atoms with Gasteiger partial charge in [-0.1, -0.05) is 0 Å². The number of fused-ring (bicyclic) bond motifs is 1. The number of carbonyl (C=O) groups excluding carboxylic acids is 4. The van der Waals surface area contributed by atoms with Crippen molar-refractivity contribution < 1.29 is 28.3 Å². The number of hydrogen-bond acceptors (Lipinski definition) is 5. The minimum absolute atomic E-state index is 0.0528. The SMILES string of the molecule is O=C1CC(C2CCCN(C(=O)CN3C(=O)CNC3=O)C2)Oc2ccc(F)cc21. The summed E-state index contributed by atoms with van der Waals surface area (Å²) in [6.07, 6.45) is 1.27. The molecule has 0 aliphatic carbocycles.